The van der Waals surface area contributed by atoms with Crippen molar-refractivity contribution in [1.82, 2.24) is 0 Å². The Kier molecular flexibility index (Phi) is 4.40. The van der Waals surface area contributed by atoms with Gasteiger partial charge in [-0.25, -0.2) is 8.78 Å². The smallest absolute Gasteiger partial charge is 0.198 e. The highest BCUT2D eigenvalue weighted by Crippen LogP contribution is 2.30. The molecule has 0 N–H and O–H groups in total. The maximum absolute atomic E-state index is 13.4. The average molecular weight is 362 g/mol. The molecule has 0 unspecified atom stereocenters. The number of carbonyl (C=O) groups excluding carboxylic acids is 1. The molecule has 0 aliphatic rings. The molecule has 2 aromatic rings. The van der Waals surface area contributed by atoms with Crippen LogP contribution in [0.15, 0.2) is 34.8 Å². The molecular weight excluding hydrogens is 354 g/mol. The van der Waals surface area contributed by atoms with E-state index in [1.807, 2.05) is 0 Å². The van der Waals surface area contributed by atoms with E-state index in [1.165, 1.54) is 19.2 Å². The molecule has 0 aromatic heterocycles. The van der Waals surface area contributed by atoms with Crippen molar-refractivity contribution in [2.75, 3.05) is 7.11 Å². The minimum absolute atomic E-state index is 0.0162. The molecule has 0 heterocycles. The normalized spacial score (nSPS) is 10.4. The molecule has 0 aliphatic carbocycles. The van der Waals surface area contributed by atoms with E-state index in [2.05, 4.69) is 15.9 Å². The fourth-order valence-electron chi connectivity index (χ4n) is 1.69. The summed E-state index contributed by atoms with van der Waals surface area (Å²) < 4.78 is 31.5. The number of hydrogen-bond acceptors (Lipinski definition) is 2. The third-order valence-corrected chi connectivity index (χ3v) is 3.58. The predicted molar refractivity (Wildman–Crippen MR) is 75.5 cm³/mol. The quantitative estimate of drug-likeness (QED) is 0.746. The second kappa shape index (κ2) is 5.89. The van der Waals surface area contributed by atoms with E-state index in [0.29, 0.717) is 0 Å². The lowest BCUT2D eigenvalue weighted by molar-refractivity contribution is 0.103. The van der Waals surface area contributed by atoms with E-state index in [0.717, 1.165) is 18.2 Å². The summed E-state index contributed by atoms with van der Waals surface area (Å²) in [4.78, 5) is 12.4. The Labute approximate surface area is 127 Å². The molecule has 104 valence electrons. The van der Waals surface area contributed by atoms with Crippen LogP contribution in [0.4, 0.5) is 8.78 Å². The first-order valence-corrected chi connectivity index (χ1v) is 6.64. The maximum Gasteiger partial charge on any atom is 0.198 e. The number of hydrogen-bond donors (Lipinski definition) is 0. The summed E-state index contributed by atoms with van der Waals surface area (Å²) in [7, 11) is 1.33. The summed E-state index contributed by atoms with van der Waals surface area (Å²) >= 11 is 8.86. The number of rotatable bonds is 3. The summed E-state index contributed by atoms with van der Waals surface area (Å²) in [5.41, 5.74) is 0.249. The first-order valence-electron chi connectivity index (χ1n) is 5.47. The van der Waals surface area contributed by atoms with Crippen molar-refractivity contribution < 1.29 is 18.3 Å². The van der Waals surface area contributed by atoms with E-state index < -0.39 is 17.4 Å². The molecule has 0 aliphatic heterocycles. The lowest BCUT2D eigenvalue weighted by Gasteiger charge is -2.10. The number of ether oxygens (including phenoxy) is 1. The Morgan fingerprint density at radius 3 is 2.50 bits per heavy atom. The van der Waals surface area contributed by atoms with Gasteiger partial charge in [-0.05, 0) is 40.2 Å². The highest BCUT2D eigenvalue weighted by Gasteiger charge is 2.19. The molecule has 20 heavy (non-hydrogen) atoms. The first kappa shape index (κ1) is 14.9. The molecular formula is C14H8BrClF2O2. The Bertz CT molecular complexity index is 689. The van der Waals surface area contributed by atoms with Crippen molar-refractivity contribution in [2.24, 2.45) is 0 Å². The lowest BCUT2D eigenvalue weighted by atomic mass is 10.0. The minimum Gasteiger partial charge on any atom is -0.496 e. The monoisotopic (exact) mass is 360 g/mol. The Balaban J connectivity index is 2.55. The molecule has 6 heteroatoms. The molecule has 2 nitrogen and oxygen atoms in total. The first-order chi connectivity index (χ1) is 9.43. The molecule has 0 fully saturated rings. The summed E-state index contributed by atoms with van der Waals surface area (Å²) in [5, 5.41) is -0.0162. The van der Waals surface area contributed by atoms with Gasteiger partial charge in [0.15, 0.2) is 5.78 Å². The Hall–Kier alpha value is -1.46. The van der Waals surface area contributed by atoms with E-state index >= 15 is 0 Å². The largest absolute Gasteiger partial charge is 0.496 e. The van der Waals surface area contributed by atoms with Crippen molar-refractivity contribution in [1.29, 1.82) is 0 Å². The van der Waals surface area contributed by atoms with Gasteiger partial charge in [0.2, 0.25) is 0 Å². The van der Waals surface area contributed by atoms with Crippen molar-refractivity contribution in [3.63, 3.8) is 0 Å². The van der Waals surface area contributed by atoms with E-state index in [9.17, 15) is 13.6 Å². The number of halogens is 4. The van der Waals surface area contributed by atoms with Gasteiger partial charge in [0.1, 0.15) is 17.4 Å². The van der Waals surface area contributed by atoms with E-state index in [4.69, 9.17) is 16.3 Å². The van der Waals surface area contributed by atoms with E-state index in [1.54, 1.807) is 0 Å². The maximum atomic E-state index is 13.4. The lowest BCUT2D eigenvalue weighted by Crippen LogP contribution is -2.06. The van der Waals surface area contributed by atoms with Gasteiger partial charge in [-0.15, -0.1) is 0 Å². The third kappa shape index (κ3) is 2.83. The standard InChI is InChI=1S/C14H8BrClF2O2/c1-20-13-6-12(18)10(15)5-9(13)14(19)8-3-2-7(17)4-11(8)16/h2-6H,1H3. The number of methoxy groups -OCH3 is 1. The molecule has 0 atom stereocenters. The zero-order chi connectivity index (χ0) is 14.9. The van der Waals surface area contributed by atoms with Gasteiger partial charge in [-0.2, -0.15) is 0 Å². The molecule has 0 saturated carbocycles. The van der Waals surface area contributed by atoms with Crippen LogP contribution < -0.4 is 4.74 Å². The molecule has 0 spiro atoms. The highest BCUT2D eigenvalue weighted by atomic mass is 79.9. The van der Waals surface area contributed by atoms with Gasteiger partial charge < -0.3 is 4.74 Å². The average Bonchev–Trinajstić information content (AvgIpc) is 2.40. The molecule has 2 rings (SSSR count). The van der Waals surface area contributed by atoms with Crippen molar-refractivity contribution in [2.45, 2.75) is 0 Å². The van der Waals surface area contributed by atoms with Crippen molar-refractivity contribution in [3.05, 3.63) is 62.6 Å². The van der Waals surface area contributed by atoms with E-state index in [-0.39, 0.29) is 26.4 Å². The van der Waals surface area contributed by atoms with Crippen LogP contribution >= 0.6 is 27.5 Å². The molecule has 0 saturated heterocycles. The Morgan fingerprint density at radius 1 is 1.20 bits per heavy atom. The van der Waals surface area contributed by atoms with Gasteiger partial charge in [0, 0.05) is 11.6 Å². The predicted octanol–water partition coefficient (Wildman–Crippen LogP) is 4.62. The van der Waals surface area contributed by atoms with Gasteiger partial charge in [0.25, 0.3) is 0 Å². The fourth-order valence-corrected chi connectivity index (χ4v) is 2.29. The summed E-state index contributed by atoms with van der Waals surface area (Å²) in [6.07, 6.45) is 0. The summed E-state index contributed by atoms with van der Waals surface area (Å²) in [6.45, 7) is 0. The van der Waals surface area contributed by atoms with Gasteiger partial charge in [-0.3, -0.25) is 4.79 Å². The van der Waals surface area contributed by atoms with Crippen LogP contribution in [-0.4, -0.2) is 12.9 Å². The van der Waals surface area contributed by atoms with Gasteiger partial charge in [-0.1, -0.05) is 11.6 Å². The van der Waals surface area contributed by atoms with Crippen molar-refractivity contribution in [3.8, 4) is 5.75 Å². The zero-order valence-corrected chi connectivity index (χ0v) is 12.6. The molecule has 0 amide bonds. The number of benzene rings is 2. The minimum atomic E-state index is -0.552. The second-order valence-electron chi connectivity index (χ2n) is 3.92. The third-order valence-electron chi connectivity index (χ3n) is 2.66. The van der Waals surface area contributed by atoms with Crippen LogP contribution in [0.3, 0.4) is 0 Å². The van der Waals surface area contributed by atoms with Crippen LogP contribution in [0.2, 0.25) is 5.02 Å². The van der Waals surface area contributed by atoms with Crippen LogP contribution in [0.5, 0.6) is 5.75 Å². The zero-order valence-electron chi connectivity index (χ0n) is 10.2. The van der Waals surface area contributed by atoms with Crippen LogP contribution in [0.1, 0.15) is 15.9 Å². The Morgan fingerprint density at radius 2 is 1.90 bits per heavy atom. The van der Waals surface area contributed by atoms with Crippen LogP contribution in [-0.2, 0) is 0 Å². The topological polar surface area (TPSA) is 26.3 Å². The summed E-state index contributed by atoms with van der Waals surface area (Å²) in [6, 6.07) is 5.84. The second-order valence-corrected chi connectivity index (χ2v) is 5.18. The molecule has 0 bridgehead atoms. The molecule has 2 aromatic carbocycles. The highest BCUT2D eigenvalue weighted by molar-refractivity contribution is 9.10. The molecule has 0 radical (unpaired) electrons. The van der Waals surface area contributed by atoms with Gasteiger partial charge in [0.05, 0.1) is 22.2 Å². The van der Waals surface area contributed by atoms with Gasteiger partial charge >= 0.3 is 0 Å². The number of carbonyl (C=O) groups is 1. The van der Waals surface area contributed by atoms with Crippen molar-refractivity contribution >= 4 is 33.3 Å². The van der Waals surface area contributed by atoms with Crippen LogP contribution in [0, 0.1) is 11.6 Å². The SMILES string of the molecule is COc1cc(F)c(Br)cc1C(=O)c1ccc(F)cc1Cl. The summed E-state index contributed by atoms with van der Waals surface area (Å²) in [5.74, 6) is -1.49. The number of ketones is 1. The fraction of sp³-hybridized carbons (Fsp3) is 0.0714. The van der Waals surface area contributed by atoms with Crippen LogP contribution in [0.25, 0.3) is 0 Å².